The molecule has 0 saturated heterocycles. The van der Waals surface area contributed by atoms with E-state index in [0.717, 1.165) is 19.4 Å². The molecule has 3 rings (SSSR count). The quantitative estimate of drug-likeness (QED) is 0.563. The number of benzene rings is 1. The molecule has 1 aromatic heterocycles. The number of anilines is 1. The van der Waals surface area contributed by atoms with Crippen LogP contribution >= 0.6 is 22.9 Å². The van der Waals surface area contributed by atoms with Crippen molar-refractivity contribution in [1.29, 1.82) is 0 Å². The van der Waals surface area contributed by atoms with Gasteiger partial charge in [-0.15, -0.1) is 11.3 Å². The highest BCUT2D eigenvalue weighted by atomic mass is 35.5. The van der Waals surface area contributed by atoms with Gasteiger partial charge in [-0.05, 0) is 51.2 Å². The van der Waals surface area contributed by atoms with Crippen LogP contribution in [0.1, 0.15) is 28.9 Å². The van der Waals surface area contributed by atoms with Gasteiger partial charge >= 0.3 is 0 Å². The van der Waals surface area contributed by atoms with Gasteiger partial charge in [0.25, 0.3) is 5.91 Å². The fraction of sp³-hybridized carbons (Fsp3) is 0.429. The third kappa shape index (κ3) is 7.30. The Balaban J connectivity index is 1.52. The summed E-state index contributed by atoms with van der Waals surface area (Å²) in [6.45, 7) is 1.28. The summed E-state index contributed by atoms with van der Waals surface area (Å²) in [6, 6.07) is 6.72. The van der Waals surface area contributed by atoms with Gasteiger partial charge in [0, 0.05) is 35.1 Å². The van der Waals surface area contributed by atoms with Crippen molar-refractivity contribution in [2.24, 2.45) is 0 Å². The SMILES string of the molecule is CN(C)CCNC(=O)Cc1csc(NC(=O)CN(C(=O)c2ccc(Cl)cc2)C2CC2)n1. The summed E-state index contributed by atoms with van der Waals surface area (Å²) in [7, 11) is 3.88. The van der Waals surface area contributed by atoms with Crippen LogP contribution in [0.15, 0.2) is 29.6 Å². The Kier molecular flexibility index (Phi) is 8.00. The molecule has 0 aliphatic heterocycles. The molecular weight excluding hydrogens is 438 g/mol. The first-order valence-electron chi connectivity index (χ1n) is 10.0. The van der Waals surface area contributed by atoms with E-state index in [0.29, 0.717) is 28.0 Å². The lowest BCUT2D eigenvalue weighted by atomic mass is 10.2. The van der Waals surface area contributed by atoms with Gasteiger partial charge in [-0.1, -0.05) is 11.6 Å². The third-order valence-corrected chi connectivity index (χ3v) is 5.73. The van der Waals surface area contributed by atoms with Crippen molar-refractivity contribution in [2.45, 2.75) is 25.3 Å². The zero-order chi connectivity index (χ0) is 22.4. The van der Waals surface area contributed by atoms with Crippen LogP contribution in [0.25, 0.3) is 0 Å². The minimum atomic E-state index is -0.314. The van der Waals surface area contributed by atoms with Crippen LogP contribution in [0.3, 0.4) is 0 Å². The molecule has 1 fully saturated rings. The van der Waals surface area contributed by atoms with E-state index < -0.39 is 0 Å². The van der Waals surface area contributed by atoms with E-state index in [9.17, 15) is 14.4 Å². The fourth-order valence-corrected chi connectivity index (χ4v) is 3.77. The third-order valence-electron chi connectivity index (χ3n) is 4.67. The molecule has 0 radical (unpaired) electrons. The highest BCUT2D eigenvalue weighted by molar-refractivity contribution is 7.13. The summed E-state index contributed by atoms with van der Waals surface area (Å²) >= 11 is 7.15. The Morgan fingerprint density at radius 1 is 1.16 bits per heavy atom. The van der Waals surface area contributed by atoms with Crippen LogP contribution < -0.4 is 10.6 Å². The van der Waals surface area contributed by atoms with Crippen molar-refractivity contribution < 1.29 is 14.4 Å². The van der Waals surface area contributed by atoms with Gasteiger partial charge in [0.15, 0.2) is 5.13 Å². The number of amides is 3. The van der Waals surface area contributed by atoms with Crippen LogP contribution in [0.2, 0.25) is 5.02 Å². The lowest BCUT2D eigenvalue weighted by Gasteiger charge is -2.21. The van der Waals surface area contributed by atoms with E-state index in [1.165, 1.54) is 11.3 Å². The topological polar surface area (TPSA) is 94.6 Å². The van der Waals surface area contributed by atoms with E-state index in [1.807, 2.05) is 19.0 Å². The van der Waals surface area contributed by atoms with Crippen LogP contribution in [0.4, 0.5) is 5.13 Å². The van der Waals surface area contributed by atoms with Crippen LogP contribution in [-0.2, 0) is 16.0 Å². The van der Waals surface area contributed by atoms with Gasteiger partial charge in [-0.2, -0.15) is 0 Å². The molecule has 0 atom stereocenters. The predicted octanol–water partition coefficient (Wildman–Crippen LogP) is 2.26. The van der Waals surface area contributed by atoms with Gasteiger partial charge in [-0.25, -0.2) is 4.98 Å². The number of halogens is 1. The van der Waals surface area contributed by atoms with E-state index in [-0.39, 0.29) is 36.7 Å². The summed E-state index contributed by atoms with van der Waals surface area (Å²) in [5.74, 6) is -0.618. The Morgan fingerprint density at radius 2 is 1.87 bits per heavy atom. The highest BCUT2D eigenvalue weighted by Crippen LogP contribution is 2.28. The van der Waals surface area contributed by atoms with E-state index in [1.54, 1.807) is 34.5 Å². The van der Waals surface area contributed by atoms with Crippen molar-refractivity contribution in [2.75, 3.05) is 39.0 Å². The monoisotopic (exact) mass is 463 g/mol. The second-order valence-electron chi connectivity index (χ2n) is 7.69. The molecule has 8 nitrogen and oxygen atoms in total. The average molecular weight is 464 g/mol. The second-order valence-corrected chi connectivity index (χ2v) is 8.99. The lowest BCUT2D eigenvalue weighted by molar-refractivity contribution is -0.120. The van der Waals surface area contributed by atoms with Crippen molar-refractivity contribution in [3.05, 3.63) is 45.9 Å². The number of likely N-dealkylation sites (N-methyl/N-ethyl adjacent to an activating group) is 1. The Labute approximate surface area is 190 Å². The van der Waals surface area contributed by atoms with Crippen LogP contribution in [0, 0.1) is 0 Å². The van der Waals surface area contributed by atoms with Gasteiger partial charge < -0.3 is 20.4 Å². The number of hydrogen-bond donors (Lipinski definition) is 2. The number of carbonyl (C=O) groups is 3. The molecular formula is C21H26ClN5O3S. The Bertz CT molecular complexity index is 927. The van der Waals surface area contributed by atoms with Crippen LogP contribution in [-0.4, -0.2) is 72.3 Å². The molecule has 166 valence electrons. The minimum Gasteiger partial charge on any atom is -0.354 e. The summed E-state index contributed by atoms with van der Waals surface area (Å²) < 4.78 is 0. The second kappa shape index (κ2) is 10.7. The van der Waals surface area contributed by atoms with Gasteiger partial charge in [0.05, 0.1) is 12.1 Å². The van der Waals surface area contributed by atoms with E-state index in [4.69, 9.17) is 11.6 Å². The molecule has 1 aliphatic rings. The molecule has 3 amide bonds. The molecule has 1 aromatic carbocycles. The van der Waals surface area contributed by atoms with Gasteiger partial charge in [0.1, 0.15) is 6.54 Å². The molecule has 1 saturated carbocycles. The molecule has 0 spiro atoms. The standard InChI is InChI=1S/C21H26ClN5O3S/c1-26(2)10-9-23-18(28)11-16-13-31-21(24-16)25-19(29)12-27(17-7-8-17)20(30)14-3-5-15(22)6-4-14/h3-6,13,17H,7-12H2,1-2H3,(H,23,28)(H,24,25,29). The molecule has 0 unspecified atom stereocenters. The van der Waals surface area contributed by atoms with E-state index >= 15 is 0 Å². The Morgan fingerprint density at radius 3 is 2.52 bits per heavy atom. The zero-order valence-corrected chi connectivity index (χ0v) is 19.1. The summed E-state index contributed by atoms with van der Waals surface area (Å²) in [5, 5.41) is 8.29. The van der Waals surface area contributed by atoms with Crippen molar-refractivity contribution in [3.8, 4) is 0 Å². The normalized spacial score (nSPS) is 13.2. The predicted molar refractivity (Wildman–Crippen MR) is 122 cm³/mol. The molecule has 1 aliphatic carbocycles. The maximum atomic E-state index is 12.8. The Hall–Kier alpha value is -2.49. The van der Waals surface area contributed by atoms with E-state index in [2.05, 4.69) is 15.6 Å². The number of aromatic nitrogens is 1. The number of hydrogen-bond acceptors (Lipinski definition) is 6. The first-order chi connectivity index (χ1) is 14.8. The van der Waals surface area contributed by atoms with Gasteiger partial charge in [-0.3, -0.25) is 14.4 Å². The fourth-order valence-electron chi connectivity index (χ4n) is 2.92. The number of nitrogens with one attached hydrogen (secondary N) is 2. The molecule has 2 N–H and O–H groups in total. The average Bonchev–Trinajstić information content (AvgIpc) is 3.47. The summed E-state index contributed by atoms with van der Waals surface area (Å²) in [4.78, 5) is 45.2. The zero-order valence-electron chi connectivity index (χ0n) is 17.6. The first kappa shape index (κ1) is 23.2. The minimum absolute atomic E-state index is 0.0495. The summed E-state index contributed by atoms with van der Waals surface area (Å²) in [6.07, 6.45) is 1.93. The molecule has 10 heteroatoms. The maximum Gasteiger partial charge on any atom is 0.254 e. The number of thiazole rings is 1. The number of nitrogens with zero attached hydrogens (tertiary/aromatic N) is 3. The lowest BCUT2D eigenvalue weighted by Crippen LogP contribution is -2.39. The number of rotatable bonds is 10. The maximum absolute atomic E-state index is 12.8. The smallest absolute Gasteiger partial charge is 0.254 e. The van der Waals surface area contributed by atoms with Gasteiger partial charge in [0.2, 0.25) is 11.8 Å². The van der Waals surface area contributed by atoms with Crippen molar-refractivity contribution in [3.63, 3.8) is 0 Å². The van der Waals surface area contributed by atoms with Crippen LogP contribution in [0.5, 0.6) is 0 Å². The molecule has 31 heavy (non-hydrogen) atoms. The number of carbonyl (C=O) groups excluding carboxylic acids is 3. The van der Waals surface area contributed by atoms with Crippen molar-refractivity contribution in [1.82, 2.24) is 20.1 Å². The summed E-state index contributed by atoms with van der Waals surface area (Å²) in [5.41, 5.74) is 1.10. The molecule has 1 heterocycles. The molecule has 0 bridgehead atoms. The first-order valence-corrected chi connectivity index (χ1v) is 11.3. The van der Waals surface area contributed by atoms with Crippen molar-refractivity contribution >= 4 is 45.8 Å². The largest absolute Gasteiger partial charge is 0.354 e. The highest BCUT2D eigenvalue weighted by Gasteiger charge is 2.34. The molecule has 2 aromatic rings.